The molecule has 1 aliphatic carbocycles. The van der Waals surface area contributed by atoms with E-state index in [1.165, 1.54) is 25.1 Å². The summed E-state index contributed by atoms with van der Waals surface area (Å²) < 4.78 is 69.6. The minimum absolute atomic E-state index is 0.0706. The maximum Gasteiger partial charge on any atom is 0.586 e. The van der Waals surface area contributed by atoms with Crippen LogP contribution < -0.4 is 9.47 Å². The molecule has 1 aliphatic heterocycles. The molecule has 2 aromatic carbocycles. The van der Waals surface area contributed by atoms with Gasteiger partial charge in [0.05, 0.1) is 30.2 Å². The first-order valence-electron chi connectivity index (χ1n) is 13.1. The molecule has 1 saturated carbocycles. The molecule has 0 unspecified atom stereocenters. The average molecular weight is 520 g/mol. The first-order valence-corrected chi connectivity index (χ1v) is 12.1. The van der Waals surface area contributed by atoms with Crippen LogP contribution in [0.15, 0.2) is 36.4 Å². The van der Waals surface area contributed by atoms with Gasteiger partial charge in [-0.3, -0.25) is 4.79 Å². The quantitative estimate of drug-likeness (QED) is 0.417. The van der Waals surface area contributed by atoms with Crippen LogP contribution >= 0.6 is 0 Å². The number of carbonyl (C=O) groups is 1. The van der Waals surface area contributed by atoms with Crippen molar-refractivity contribution in [3.8, 4) is 11.5 Å². The maximum atomic E-state index is 15.4. The molecule has 9 heteroatoms. The van der Waals surface area contributed by atoms with Gasteiger partial charge in [0.25, 0.3) is 0 Å². The molecule has 37 heavy (non-hydrogen) atoms. The molecule has 2 aliphatic rings. The van der Waals surface area contributed by atoms with E-state index in [-0.39, 0.29) is 35.8 Å². The molecule has 1 atom stereocenters. The first kappa shape index (κ1) is 23.1. The van der Waals surface area contributed by atoms with Crippen LogP contribution in [0.4, 0.5) is 13.2 Å². The Morgan fingerprint density at radius 2 is 1.89 bits per heavy atom. The van der Waals surface area contributed by atoms with Crippen molar-refractivity contribution in [3.05, 3.63) is 59.0 Å². The number of fused-ring (bicyclic) bond motifs is 2. The van der Waals surface area contributed by atoms with Gasteiger partial charge >= 0.3 is 6.29 Å². The number of ketones is 1. The standard InChI is InChI=1S/C28H30F3NO5/c1-4-26(2,3)24-10-17-9-16(20(29)13-21(17)32(24)14-19(34)15-33)11-25(35)27(7-8-27)18-5-6-22-23(12-18)37-28(30,31)36-22/h5-6,9-10,12-13,19,33-34H,4,7-8,11,14-15H2,1-3H3/t19-/m1/s1/i4D2. The van der Waals surface area contributed by atoms with Crippen molar-refractivity contribution >= 4 is 16.7 Å². The lowest BCUT2D eigenvalue weighted by Crippen LogP contribution is -2.26. The normalized spacial score (nSPS) is 19.5. The summed E-state index contributed by atoms with van der Waals surface area (Å²) >= 11 is 0. The third-order valence-corrected chi connectivity index (χ3v) is 7.53. The summed E-state index contributed by atoms with van der Waals surface area (Å²) in [5, 5.41) is 20.1. The lowest BCUT2D eigenvalue weighted by molar-refractivity contribution is -0.286. The summed E-state index contributed by atoms with van der Waals surface area (Å²) in [5.74, 6) is -1.17. The van der Waals surface area contributed by atoms with Gasteiger partial charge in [-0.25, -0.2) is 4.39 Å². The van der Waals surface area contributed by atoms with E-state index in [9.17, 15) is 23.8 Å². The molecule has 0 amide bonds. The second kappa shape index (κ2) is 8.77. The van der Waals surface area contributed by atoms with Crippen molar-refractivity contribution in [2.45, 2.75) is 76.2 Å². The van der Waals surface area contributed by atoms with Crippen molar-refractivity contribution < 1.29 is 40.4 Å². The van der Waals surface area contributed by atoms with E-state index in [1.54, 1.807) is 36.6 Å². The van der Waals surface area contributed by atoms with E-state index in [4.69, 9.17) is 2.74 Å². The summed E-state index contributed by atoms with van der Waals surface area (Å²) in [6.45, 7) is 4.27. The summed E-state index contributed by atoms with van der Waals surface area (Å²) in [6, 6.07) is 8.79. The Kier molecular flexibility index (Phi) is 5.48. The van der Waals surface area contributed by atoms with Gasteiger partial charge in [-0.15, -0.1) is 8.78 Å². The van der Waals surface area contributed by atoms with E-state index in [2.05, 4.69) is 9.47 Å². The highest BCUT2D eigenvalue weighted by Gasteiger charge is 2.52. The number of benzene rings is 2. The molecular weight excluding hydrogens is 487 g/mol. The Balaban J connectivity index is 1.49. The summed E-state index contributed by atoms with van der Waals surface area (Å²) in [5.41, 5.74) is -0.401. The Morgan fingerprint density at radius 3 is 2.54 bits per heavy atom. The number of alkyl halides is 2. The van der Waals surface area contributed by atoms with E-state index in [0.29, 0.717) is 35.0 Å². The third kappa shape index (κ3) is 4.48. The molecule has 5 rings (SSSR count). The highest BCUT2D eigenvalue weighted by molar-refractivity contribution is 5.95. The van der Waals surface area contributed by atoms with Gasteiger partial charge in [0.1, 0.15) is 11.6 Å². The van der Waals surface area contributed by atoms with Crippen LogP contribution in [0, 0.1) is 5.82 Å². The van der Waals surface area contributed by atoms with Gasteiger partial charge in [0, 0.05) is 25.7 Å². The maximum absolute atomic E-state index is 15.4. The Bertz CT molecular complexity index is 1460. The van der Waals surface area contributed by atoms with Crippen LogP contribution in [-0.4, -0.2) is 39.6 Å². The van der Waals surface area contributed by atoms with E-state index >= 15 is 4.39 Å². The van der Waals surface area contributed by atoms with Crippen LogP contribution in [0.2, 0.25) is 0 Å². The Morgan fingerprint density at radius 1 is 1.19 bits per heavy atom. The molecule has 0 saturated heterocycles. The molecule has 2 N–H and O–H groups in total. The van der Waals surface area contributed by atoms with Crippen molar-refractivity contribution in [3.63, 3.8) is 0 Å². The lowest BCUT2D eigenvalue weighted by atomic mass is 9.86. The smallest absolute Gasteiger partial charge is 0.395 e. The fraction of sp³-hybridized carbons (Fsp3) is 0.464. The average Bonchev–Trinajstić information content (AvgIpc) is 3.49. The van der Waals surface area contributed by atoms with Crippen LogP contribution in [0.5, 0.6) is 11.5 Å². The number of aliphatic hydroxyl groups is 2. The molecule has 1 fully saturated rings. The van der Waals surface area contributed by atoms with Gasteiger partial charge in [0.15, 0.2) is 11.5 Å². The molecule has 0 bridgehead atoms. The Labute approximate surface area is 215 Å². The largest absolute Gasteiger partial charge is 0.586 e. The Hall–Kier alpha value is -3.04. The van der Waals surface area contributed by atoms with E-state index in [0.717, 1.165) is 0 Å². The number of hydrogen-bond donors (Lipinski definition) is 2. The van der Waals surface area contributed by atoms with E-state index in [1.807, 2.05) is 0 Å². The number of nitrogens with zero attached hydrogens (tertiary/aromatic N) is 1. The zero-order valence-corrected chi connectivity index (χ0v) is 20.8. The van der Waals surface area contributed by atoms with Crippen molar-refractivity contribution in [1.82, 2.24) is 4.57 Å². The summed E-state index contributed by atoms with van der Waals surface area (Å²) in [4.78, 5) is 13.5. The fourth-order valence-electron chi connectivity index (χ4n) is 5.02. The van der Waals surface area contributed by atoms with Crippen LogP contribution in [-0.2, 0) is 28.6 Å². The van der Waals surface area contributed by atoms with Crippen LogP contribution in [0.25, 0.3) is 10.9 Å². The number of ether oxygens (including phenoxy) is 2. The number of hydrogen-bond acceptors (Lipinski definition) is 5. The van der Waals surface area contributed by atoms with Crippen molar-refractivity contribution in [2.75, 3.05) is 6.61 Å². The predicted octanol–water partition coefficient (Wildman–Crippen LogP) is 4.99. The fourth-order valence-corrected chi connectivity index (χ4v) is 5.02. The molecule has 1 aromatic heterocycles. The third-order valence-electron chi connectivity index (χ3n) is 7.53. The molecular formula is C28H30F3NO5. The number of aliphatic hydroxyl groups excluding tert-OH is 2. The minimum atomic E-state index is -3.77. The van der Waals surface area contributed by atoms with Gasteiger partial charge < -0.3 is 24.3 Å². The highest BCUT2D eigenvalue weighted by atomic mass is 19.3. The number of Topliss-reactive ketones (excluding diaryl/α,β-unsaturated/α-hetero) is 1. The molecule has 6 nitrogen and oxygen atoms in total. The number of aromatic nitrogens is 1. The predicted molar refractivity (Wildman–Crippen MR) is 131 cm³/mol. The molecule has 198 valence electrons. The van der Waals surface area contributed by atoms with Crippen molar-refractivity contribution in [2.24, 2.45) is 0 Å². The zero-order valence-electron chi connectivity index (χ0n) is 22.8. The number of rotatable bonds is 9. The molecule has 0 radical (unpaired) electrons. The molecule has 3 aromatic rings. The minimum Gasteiger partial charge on any atom is -0.395 e. The summed E-state index contributed by atoms with van der Waals surface area (Å²) in [7, 11) is 0. The van der Waals surface area contributed by atoms with E-state index < -0.39 is 42.0 Å². The number of halogens is 3. The first-order chi connectivity index (χ1) is 18.1. The monoisotopic (exact) mass is 519 g/mol. The topological polar surface area (TPSA) is 80.9 Å². The van der Waals surface area contributed by atoms with Gasteiger partial charge in [0.2, 0.25) is 0 Å². The molecule has 0 spiro atoms. The van der Waals surface area contributed by atoms with Crippen LogP contribution in [0.1, 0.15) is 59.5 Å². The van der Waals surface area contributed by atoms with Crippen LogP contribution in [0.3, 0.4) is 0 Å². The second-order valence-corrected chi connectivity index (χ2v) is 10.4. The van der Waals surface area contributed by atoms with Crippen molar-refractivity contribution in [1.29, 1.82) is 0 Å². The SMILES string of the molecule is [2H]C([2H])(C)C(C)(C)c1cc2cc(CC(=O)C3(c4ccc5c(c4)OC(F)(F)O5)CC3)c(F)cc2n1C[C@@H](O)CO. The van der Waals surface area contributed by atoms with Gasteiger partial charge in [-0.1, -0.05) is 26.8 Å². The second-order valence-electron chi connectivity index (χ2n) is 10.4. The number of carbonyl (C=O) groups excluding carboxylic acids is 1. The molecule has 2 heterocycles. The highest BCUT2D eigenvalue weighted by Crippen LogP contribution is 2.52. The summed E-state index contributed by atoms with van der Waals surface area (Å²) in [6.07, 6.45) is -5.83. The van der Waals surface area contributed by atoms with Gasteiger partial charge in [-0.05, 0) is 60.7 Å². The zero-order chi connectivity index (χ0) is 28.5. The lowest BCUT2D eigenvalue weighted by Gasteiger charge is -2.26. The van der Waals surface area contributed by atoms with Gasteiger partial charge in [-0.2, -0.15) is 0 Å².